The Labute approximate surface area is 156 Å². The molecule has 26 heavy (non-hydrogen) atoms. The van der Waals surface area contributed by atoms with Crippen molar-refractivity contribution in [3.05, 3.63) is 23.8 Å². The Morgan fingerprint density at radius 1 is 1.08 bits per heavy atom. The van der Waals surface area contributed by atoms with E-state index >= 15 is 0 Å². The first-order valence-electron chi connectivity index (χ1n) is 10.1. The fourth-order valence-corrected chi connectivity index (χ4v) is 6.66. The second kappa shape index (κ2) is 6.24. The normalized spacial score (nSPS) is 39.9. The number of carbonyl (C=O) groups excluding carboxylic acids is 2. The average Bonchev–Trinajstić information content (AvgIpc) is 2.95. The lowest BCUT2D eigenvalue weighted by Gasteiger charge is -2.54. The number of esters is 2. The quantitative estimate of drug-likeness (QED) is 0.537. The van der Waals surface area contributed by atoms with Gasteiger partial charge in [0, 0.05) is 20.3 Å². The largest absolute Gasteiger partial charge is 0.422 e. The highest BCUT2D eigenvalue weighted by molar-refractivity contribution is 5.69. The second-order valence-electron chi connectivity index (χ2n) is 9.04. The molecule has 0 saturated heterocycles. The maximum absolute atomic E-state index is 11.9. The standard InChI is InChI=1S/C22H30O4/c1-14(23)25-22(26-15(2)24)12-4-6-16-8-9-17-18(20(16)22)10-13-21(3)11-5-7-19(17)21/h4,6,8,17-20H,5,7,9-13H2,1-3H3/t17-,18+,19+,20+,21+/m1/s1. The third-order valence-corrected chi connectivity index (χ3v) is 7.51. The topological polar surface area (TPSA) is 52.6 Å². The molecule has 0 bridgehead atoms. The van der Waals surface area contributed by atoms with Crippen LogP contribution in [-0.4, -0.2) is 17.7 Å². The molecule has 4 aliphatic rings. The summed E-state index contributed by atoms with van der Waals surface area (Å²) in [5, 5.41) is 0. The number of fused-ring (bicyclic) bond motifs is 5. The van der Waals surface area contributed by atoms with Crippen LogP contribution in [0.1, 0.15) is 65.7 Å². The van der Waals surface area contributed by atoms with Crippen molar-refractivity contribution < 1.29 is 19.1 Å². The van der Waals surface area contributed by atoms with Crippen LogP contribution in [-0.2, 0) is 19.1 Å². The van der Waals surface area contributed by atoms with E-state index in [4.69, 9.17) is 9.47 Å². The van der Waals surface area contributed by atoms with Gasteiger partial charge in [0.05, 0.1) is 5.92 Å². The molecule has 0 aromatic rings. The maximum Gasteiger partial charge on any atom is 0.305 e. The molecule has 5 atom stereocenters. The number of rotatable bonds is 2. The Balaban J connectivity index is 1.74. The highest BCUT2D eigenvalue weighted by atomic mass is 16.7. The van der Waals surface area contributed by atoms with E-state index in [-0.39, 0.29) is 17.9 Å². The lowest BCUT2D eigenvalue weighted by molar-refractivity contribution is -0.253. The molecule has 2 fully saturated rings. The highest BCUT2D eigenvalue weighted by Gasteiger charge is 2.58. The number of hydrogen-bond donors (Lipinski definition) is 0. The van der Waals surface area contributed by atoms with Crippen LogP contribution < -0.4 is 0 Å². The van der Waals surface area contributed by atoms with Gasteiger partial charge in [0.2, 0.25) is 0 Å². The SMILES string of the molecule is CC(=O)OC1(OC(C)=O)CC=CC2=CC[C@@H]3[C@H](CC[C@]4(C)CCC[C@@H]34)[C@H]21. The second-order valence-corrected chi connectivity index (χ2v) is 9.04. The summed E-state index contributed by atoms with van der Waals surface area (Å²) in [5.74, 6) is -0.235. The third-order valence-electron chi connectivity index (χ3n) is 7.51. The van der Waals surface area contributed by atoms with Crippen molar-refractivity contribution in [2.75, 3.05) is 0 Å². The Bertz CT molecular complexity index is 660. The Morgan fingerprint density at radius 2 is 1.81 bits per heavy atom. The summed E-state index contributed by atoms with van der Waals surface area (Å²) in [4.78, 5) is 23.8. The minimum Gasteiger partial charge on any atom is -0.422 e. The molecule has 0 amide bonds. The number of hydrogen-bond acceptors (Lipinski definition) is 4. The molecule has 4 heteroatoms. The van der Waals surface area contributed by atoms with Gasteiger partial charge in [-0.05, 0) is 60.8 Å². The van der Waals surface area contributed by atoms with Gasteiger partial charge < -0.3 is 9.47 Å². The van der Waals surface area contributed by atoms with E-state index in [9.17, 15) is 9.59 Å². The molecule has 0 aromatic carbocycles. The van der Waals surface area contributed by atoms with Crippen LogP contribution in [0.25, 0.3) is 0 Å². The van der Waals surface area contributed by atoms with Crippen molar-refractivity contribution in [1.29, 1.82) is 0 Å². The predicted molar refractivity (Wildman–Crippen MR) is 97.9 cm³/mol. The molecule has 0 heterocycles. The number of ether oxygens (including phenoxy) is 2. The first-order valence-corrected chi connectivity index (χ1v) is 10.1. The minimum atomic E-state index is -1.17. The summed E-state index contributed by atoms with van der Waals surface area (Å²) >= 11 is 0. The monoisotopic (exact) mass is 358 g/mol. The molecule has 0 spiro atoms. The van der Waals surface area contributed by atoms with Crippen molar-refractivity contribution in [3.63, 3.8) is 0 Å². The predicted octanol–water partition coefficient (Wildman–Crippen LogP) is 4.55. The van der Waals surface area contributed by atoms with Crippen molar-refractivity contribution in [2.24, 2.45) is 29.1 Å². The molecular weight excluding hydrogens is 328 g/mol. The highest BCUT2D eigenvalue weighted by Crippen LogP contribution is 2.62. The summed E-state index contributed by atoms with van der Waals surface area (Å²) < 4.78 is 11.5. The summed E-state index contributed by atoms with van der Waals surface area (Å²) in [6, 6.07) is 0. The summed E-state index contributed by atoms with van der Waals surface area (Å²) in [5.41, 5.74) is 1.64. The van der Waals surface area contributed by atoms with Crippen LogP contribution >= 0.6 is 0 Å². The van der Waals surface area contributed by atoms with Crippen LogP contribution in [0.3, 0.4) is 0 Å². The molecular formula is C22H30O4. The van der Waals surface area contributed by atoms with Crippen LogP contribution in [0.2, 0.25) is 0 Å². The fourth-order valence-electron chi connectivity index (χ4n) is 6.66. The molecule has 0 N–H and O–H groups in total. The van der Waals surface area contributed by atoms with Crippen LogP contribution in [0, 0.1) is 29.1 Å². The minimum absolute atomic E-state index is 0.0378. The molecule has 2 saturated carbocycles. The van der Waals surface area contributed by atoms with Gasteiger partial charge in [-0.1, -0.05) is 31.6 Å². The lowest BCUT2D eigenvalue weighted by atomic mass is 9.53. The van der Waals surface area contributed by atoms with E-state index in [0.717, 1.165) is 18.8 Å². The van der Waals surface area contributed by atoms with Crippen molar-refractivity contribution in [1.82, 2.24) is 0 Å². The third kappa shape index (κ3) is 2.73. The maximum atomic E-state index is 11.9. The Hall–Kier alpha value is -1.58. The van der Waals surface area contributed by atoms with Crippen molar-refractivity contribution in [3.8, 4) is 0 Å². The van der Waals surface area contributed by atoms with E-state index in [1.54, 1.807) is 0 Å². The van der Waals surface area contributed by atoms with E-state index in [1.165, 1.54) is 45.1 Å². The van der Waals surface area contributed by atoms with Crippen molar-refractivity contribution >= 4 is 11.9 Å². The molecule has 4 nitrogen and oxygen atoms in total. The van der Waals surface area contributed by atoms with Crippen LogP contribution in [0.5, 0.6) is 0 Å². The molecule has 4 rings (SSSR count). The molecule has 0 unspecified atom stereocenters. The summed E-state index contributed by atoms with van der Waals surface area (Å²) in [6.07, 6.45) is 14.3. The van der Waals surface area contributed by atoms with Gasteiger partial charge in [0.1, 0.15) is 0 Å². The zero-order valence-electron chi connectivity index (χ0n) is 16.1. The zero-order valence-corrected chi connectivity index (χ0v) is 16.1. The van der Waals surface area contributed by atoms with Crippen LogP contribution in [0.4, 0.5) is 0 Å². The first kappa shape index (κ1) is 17.8. The Kier molecular flexibility index (Phi) is 4.28. The fraction of sp³-hybridized carbons (Fsp3) is 0.727. The molecule has 0 aliphatic heterocycles. The van der Waals surface area contributed by atoms with Gasteiger partial charge in [0.25, 0.3) is 5.79 Å². The molecule has 0 aromatic heterocycles. The van der Waals surface area contributed by atoms with Gasteiger partial charge >= 0.3 is 11.9 Å². The van der Waals surface area contributed by atoms with Crippen LogP contribution in [0.15, 0.2) is 23.8 Å². The first-order chi connectivity index (χ1) is 12.3. The molecule has 0 radical (unpaired) electrons. The lowest BCUT2D eigenvalue weighted by Crippen LogP contribution is -2.55. The summed E-state index contributed by atoms with van der Waals surface area (Å²) in [6.45, 7) is 5.27. The molecule has 4 aliphatic carbocycles. The van der Waals surface area contributed by atoms with Gasteiger partial charge in [0.15, 0.2) is 0 Å². The number of carbonyl (C=O) groups is 2. The smallest absolute Gasteiger partial charge is 0.305 e. The average molecular weight is 358 g/mol. The zero-order chi connectivity index (χ0) is 18.5. The Morgan fingerprint density at radius 3 is 2.50 bits per heavy atom. The number of allylic oxidation sites excluding steroid dienone is 2. The van der Waals surface area contributed by atoms with E-state index in [1.807, 2.05) is 6.08 Å². The molecule has 142 valence electrons. The van der Waals surface area contributed by atoms with E-state index in [0.29, 0.717) is 23.7 Å². The summed E-state index contributed by atoms with van der Waals surface area (Å²) in [7, 11) is 0. The van der Waals surface area contributed by atoms with E-state index < -0.39 is 5.79 Å². The van der Waals surface area contributed by atoms with Gasteiger partial charge in [-0.15, -0.1) is 0 Å². The van der Waals surface area contributed by atoms with Crippen molar-refractivity contribution in [2.45, 2.75) is 71.5 Å². The van der Waals surface area contributed by atoms with E-state index in [2.05, 4.69) is 19.1 Å². The van der Waals surface area contributed by atoms with Gasteiger partial charge in [-0.2, -0.15) is 0 Å². The van der Waals surface area contributed by atoms with Gasteiger partial charge in [-0.3, -0.25) is 9.59 Å². The van der Waals surface area contributed by atoms with Gasteiger partial charge in [-0.25, -0.2) is 0 Å².